The number of anilines is 1. The molecule has 1 amide bonds. The zero-order chi connectivity index (χ0) is 36.9. The van der Waals surface area contributed by atoms with Crippen molar-refractivity contribution in [3.63, 3.8) is 0 Å². The molecule has 13 heteroatoms. The molecule has 51 heavy (non-hydrogen) atoms. The van der Waals surface area contributed by atoms with E-state index in [0.717, 1.165) is 29.0 Å². The van der Waals surface area contributed by atoms with E-state index in [1.165, 1.54) is 16.2 Å². The summed E-state index contributed by atoms with van der Waals surface area (Å²) in [6, 6.07) is 20.5. The van der Waals surface area contributed by atoms with E-state index in [1.807, 2.05) is 54.6 Å². The molecule has 1 aliphatic heterocycles. The zero-order valence-electron chi connectivity index (χ0n) is 29.6. The van der Waals surface area contributed by atoms with E-state index >= 15 is 0 Å². The zero-order valence-corrected chi connectivity index (χ0v) is 31.2. The normalized spacial score (nSPS) is 14.6. The minimum absolute atomic E-state index is 0.0116. The Bertz CT molecular complexity index is 2000. The number of esters is 1. The third kappa shape index (κ3) is 9.33. The van der Waals surface area contributed by atoms with Crippen molar-refractivity contribution in [2.24, 2.45) is 0 Å². The lowest BCUT2D eigenvalue weighted by Gasteiger charge is -2.31. The van der Waals surface area contributed by atoms with Gasteiger partial charge in [0.1, 0.15) is 16.4 Å². The number of rotatable bonds is 14. The summed E-state index contributed by atoms with van der Waals surface area (Å²) in [4.78, 5) is 35.5. The number of carbonyl (C=O) groups excluding carboxylic acids is 2. The van der Waals surface area contributed by atoms with Gasteiger partial charge in [-0.05, 0) is 83.4 Å². The Hall–Kier alpha value is -4.30. The summed E-state index contributed by atoms with van der Waals surface area (Å²) < 4.78 is 45.1. The first-order chi connectivity index (χ1) is 24.2. The third-order valence-electron chi connectivity index (χ3n) is 8.42. The summed E-state index contributed by atoms with van der Waals surface area (Å²) in [6.45, 7) is 11.2. The first-order valence-electron chi connectivity index (χ1n) is 17.1. The van der Waals surface area contributed by atoms with Gasteiger partial charge in [0.15, 0.2) is 0 Å². The van der Waals surface area contributed by atoms with Crippen molar-refractivity contribution in [3.8, 4) is 5.75 Å². The Labute approximate surface area is 303 Å². The molecule has 272 valence electrons. The van der Waals surface area contributed by atoms with Crippen molar-refractivity contribution in [3.05, 3.63) is 88.4 Å². The second-order valence-electron chi connectivity index (χ2n) is 13.3. The van der Waals surface area contributed by atoms with Gasteiger partial charge in [0.25, 0.3) is 16.0 Å². The van der Waals surface area contributed by atoms with Crippen LogP contribution in [0.3, 0.4) is 0 Å². The Morgan fingerprint density at radius 3 is 2.33 bits per heavy atom. The Kier molecular flexibility index (Phi) is 11.9. The lowest BCUT2D eigenvalue weighted by atomic mass is 9.87. The second-order valence-corrected chi connectivity index (χ2v) is 15.9. The predicted molar refractivity (Wildman–Crippen MR) is 201 cm³/mol. The molecule has 0 fully saturated rings. The molecule has 0 radical (unpaired) electrons. The van der Waals surface area contributed by atoms with E-state index in [9.17, 15) is 27.7 Å². The molecule has 2 heterocycles. The van der Waals surface area contributed by atoms with Gasteiger partial charge in [-0.25, -0.2) is 4.98 Å². The SMILES string of the molecule is CCN(CC)c1ccc2c(c1)OC(O)C(c1nc3ccccc3s1)=C2c1ccccc1C(=O)N(CCCC(=O)OC(C)(C)C)CCCS(=O)(=O)O. The molecule has 2 N–H and O–H groups in total. The van der Waals surface area contributed by atoms with Gasteiger partial charge in [0.05, 0.1) is 21.5 Å². The number of aromatic nitrogens is 1. The molecule has 4 aromatic rings. The molecule has 1 unspecified atom stereocenters. The number of aliphatic hydroxyl groups excluding tert-OH is 1. The summed E-state index contributed by atoms with van der Waals surface area (Å²) in [6.07, 6.45) is -1.08. The molecular weight excluding hydrogens is 691 g/mol. The van der Waals surface area contributed by atoms with Gasteiger partial charge in [-0.3, -0.25) is 14.1 Å². The van der Waals surface area contributed by atoms with E-state index in [4.69, 9.17) is 14.5 Å². The van der Waals surface area contributed by atoms with Crippen LogP contribution in [0.4, 0.5) is 5.69 Å². The highest BCUT2D eigenvalue weighted by molar-refractivity contribution is 7.85. The van der Waals surface area contributed by atoms with Crippen LogP contribution in [0, 0.1) is 0 Å². The van der Waals surface area contributed by atoms with E-state index in [2.05, 4.69) is 18.7 Å². The van der Waals surface area contributed by atoms with Gasteiger partial charge >= 0.3 is 5.97 Å². The van der Waals surface area contributed by atoms with Gasteiger partial charge in [-0.15, -0.1) is 11.3 Å². The van der Waals surface area contributed by atoms with Crippen molar-refractivity contribution in [2.45, 2.75) is 65.8 Å². The largest absolute Gasteiger partial charge is 0.460 e. The van der Waals surface area contributed by atoms with E-state index < -0.39 is 39.6 Å². The molecule has 0 saturated heterocycles. The van der Waals surface area contributed by atoms with Gasteiger partial charge in [0, 0.05) is 61.1 Å². The Morgan fingerprint density at radius 1 is 0.961 bits per heavy atom. The maximum Gasteiger partial charge on any atom is 0.306 e. The van der Waals surface area contributed by atoms with Crippen LogP contribution < -0.4 is 9.64 Å². The minimum atomic E-state index is -4.26. The second kappa shape index (κ2) is 15.9. The molecule has 3 aromatic carbocycles. The molecule has 0 aliphatic carbocycles. The number of carbonyl (C=O) groups is 2. The number of benzene rings is 3. The van der Waals surface area contributed by atoms with Crippen molar-refractivity contribution < 1.29 is 37.1 Å². The number of ether oxygens (including phenoxy) is 2. The monoisotopic (exact) mass is 735 g/mol. The summed E-state index contributed by atoms with van der Waals surface area (Å²) in [5.74, 6) is -0.876. The van der Waals surface area contributed by atoms with Crippen LogP contribution in [0.15, 0.2) is 66.7 Å². The van der Waals surface area contributed by atoms with Crippen LogP contribution in [0.25, 0.3) is 21.4 Å². The van der Waals surface area contributed by atoms with Crippen LogP contribution >= 0.6 is 11.3 Å². The fourth-order valence-electron chi connectivity index (χ4n) is 6.16. The lowest BCUT2D eigenvalue weighted by molar-refractivity contribution is -0.155. The topological polar surface area (TPSA) is 147 Å². The number of para-hydroxylation sites is 1. The summed E-state index contributed by atoms with van der Waals surface area (Å²) in [5, 5.41) is 12.2. The number of hydrogen-bond donors (Lipinski definition) is 2. The molecule has 1 atom stereocenters. The smallest absolute Gasteiger partial charge is 0.306 e. The molecule has 1 aliphatic rings. The first kappa shape index (κ1) is 37.9. The number of nitrogens with zero attached hydrogens (tertiary/aromatic N) is 3. The molecule has 0 spiro atoms. The van der Waals surface area contributed by atoms with Gasteiger partial charge < -0.3 is 24.4 Å². The molecule has 1 aromatic heterocycles. The fraction of sp³-hybridized carbons (Fsp3) is 0.395. The van der Waals surface area contributed by atoms with Gasteiger partial charge in [-0.1, -0.05) is 30.3 Å². The third-order valence-corrected chi connectivity index (χ3v) is 10.3. The fourth-order valence-corrected chi connectivity index (χ4v) is 7.68. The average molecular weight is 736 g/mol. The quantitative estimate of drug-likeness (QED) is 0.107. The number of amides is 1. The average Bonchev–Trinajstić information content (AvgIpc) is 3.50. The molecule has 11 nitrogen and oxygen atoms in total. The van der Waals surface area contributed by atoms with E-state index in [-0.39, 0.29) is 32.4 Å². The highest BCUT2D eigenvalue weighted by atomic mass is 32.2. The molecular formula is C38H45N3O8S2. The maximum atomic E-state index is 14.5. The standard InChI is InChI=1S/C38H45N3O8S2/c1-6-40(7-2)25-19-20-28-30(24-25)48-37(44)34(35-39-29-16-10-11-17-31(29)50-35)33(28)26-14-8-9-15-27(26)36(43)41(22-13-23-51(45,46)47)21-12-18-32(42)49-38(3,4)5/h8-11,14-17,19-20,24,37,44H,6-7,12-13,18,21-23H2,1-5H3,(H,45,46,47). The first-order valence-corrected chi connectivity index (χ1v) is 19.5. The van der Waals surface area contributed by atoms with Crippen molar-refractivity contribution in [1.82, 2.24) is 9.88 Å². The molecule has 0 bridgehead atoms. The Morgan fingerprint density at radius 2 is 1.65 bits per heavy atom. The minimum Gasteiger partial charge on any atom is -0.460 e. The lowest BCUT2D eigenvalue weighted by Crippen LogP contribution is -2.35. The van der Waals surface area contributed by atoms with E-state index in [1.54, 1.807) is 32.9 Å². The highest BCUT2D eigenvalue weighted by Gasteiger charge is 2.34. The van der Waals surface area contributed by atoms with Crippen LogP contribution in [-0.4, -0.2) is 83.7 Å². The van der Waals surface area contributed by atoms with Gasteiger partial charge in [0.2, 0.25) is 6.29 Å². The van der Waals surface area contributed by atoms with Crippen LogP contribution in [0.1, 0.15) is 80.4 Å². The predicted octanol–water partition coefficient (Wildman–Crippen LogP) is 6.65. The molecule has 5 rings (SSSR count). The number of thiazole rings is 1. The maximum absolute atomic E-state index is 14.5. The highest BCUT2D eigenvalue weighted by Crippen LogP contribution is 2.46. The van der Waals surface area contributed by atoms with Gasteiger partial charge in [-0.2, -0.15) is 8.42 Å². The number of fused-ring (bicyclic) bond motifs is 2. The molecule has 0 saturated carbocycles. The van der Waals surface area contributed by atoms with E-state index in [0.29, 0.717) is 38.6 Å². The Balaban J connectivity index is 1.62. The van der Waals surface area contributed by atoms with Crippen LogP contribution in [0.2, 0.25) is 0 Å². The number of aliphatic hydroxyl groups is 1. The summed E-state index contributed by atoms with van der Waals surface area (Å²) in [7, 11) is -4.26. The van der Waals surface area contributed by atoms with Crippen molar-refractivity contribution in [1.29, 1.82) is 0 Å². The number of hydrogen-bond acceptors (Lipinski definition) is 10. The van der Waals surface area contributed by atoms with Crippen molar-refractivity contribution in [2.75, 3.05) is 36.8 Å². The summed E-state index contributed by atoms with van der Waals surface area (Å²) >= 11 is 1.41. The van der Waals surface area contributed by atoms with Crippen LogP contribution in [-0.2, 0) is 19.6 Å². The summed E-state index contributed by atoms with van der Waals surface area (Å²) in [5.41, 5.74) is 3.55. The van der Waals surface area contributed by atoms with Crippen molar-refractivity contribution >= 4 is 60.4 Å². The van der Waals surface area contributed by atoms with Crippen LogP contribution in [0.5, 0.6) is 5.75 Å².